The van der Waals surface area contributed by atoms with Crippen LogP contribution in [0.3, 0.4) is 0 Å². The van der Waals surface area contributed by atoms with Crippen LogP contribution in [0.5, 0.6) is 0 Å². The molecular weight excluding hydrogens is 217 g/mol. The van der Waals surface area contributed by atoms with Crippen LogP contribution in [0.4, 0.5) is 13.2 Å². The summed E-state index contributed by atoms with van der Waals surface area (Å²) in [5.74, 6) is 0. The zero-order chi connectivity index (χ0) is 11.8. The topological polar surface area (TPSA) is 38.9 Å². The number of rotatable bonds is 3. The van der Waals surface area contributed by atoms with E-state index >= 15 is 0 Å². The monoisotopic (exact) mass is 230 g/mol. The van der Waals surface area contributed by atoms with Gasteiger partial charge in [0.2, 0.25) is 0 Å². The molecule has 5 heteroatoms. The van der Waals surface area contributed by atoms with Crippen LogP contribution in [-0.2, 0) is 12.6 Å². The maximum atomic E-state index is 12.6. The van der Waals surface area contributed by atoms with Gasteiger partial charge in [-0.15, -0.1) is 0 Å². The quantitative estimate of drug-likeness (QED) is 0.866. The molecule has 0 amide bonds. The average molecular weight is 230 g/mol. The van der Waals surface area contributed by atoms with E-state index < -0.39 is 11.7 Å². The molecule has 2 rings (SSSR count). The van der Waals surface area contributed by atoms with Gasteiger partial charge < -0.3 is 5.73 Å². The first-order valence-corrected chi connectivity index (χ1v) is 5.20. The summed E-state index contributed by atoms with van der Waals surface area (Å²) < 4.78 is 37.8. The van der Waals surface area contributed by atoms with Gasteiger partial charge in [-0.25, -0.2) is 0 Å². The third-order valence-electron chi connectivity index (χ3n) is 3.00. The molecule has 0 radical (unpaired) electrons. The Kier molecular flexibility index (Phi) is 2.66. The second-order valence-electron chi connectivity index (χ2n) is 4.39. The average Bonchev–Trinajstić information content (AvgIpc) is 2.94. The molecule has 0 aromatic carbocycles. The molecule has 1 aromatic rings. The lowest BCUT2D eigenvalue weighted by atomic mass is 10.0. The Bertz CT molecular complexity index is 383. The largest absolute Gasteiger partial charge is 0.418 e. The molecule has 2 N–H and O–H groups in total. The van der Waals surface area contributed by atoms with Gasteiger partial charge >= 0.3 is 6.18 Å². The number of nitrogens with zero attached hydrogens (tertiary/aromatic N) is 1. The molecule has 1 aliphatic rings. The molecule has 0 spiro atoms. The van der Waals surface area contributed by atoms with Crippen LogP contribution < -0.4 is 5.73 Å². The van der Waals surface area contributed by atoms with Crippen LogP contribution in [0.25, 0.3) is 0 Å². The minimum atomic E-state index is -4.32. The van der Waals surface area contributed by atoms with E-state index in [-0.39, 0.29) is 5.54 Å². The third kappa shape index (κ3) is 2.52. The maximum absolute atomic E-state index is 12.6. The summed E-state index contributed by atoms with van der Waals surface area (Å²) in [6.07, 6.45) is 0.758. The van der Waals surface area contributed by atoms with Crippen molar-refractivity contribution in [3.8, 4) is 0 Å². The minimum absolute atomic E-state index is 0.216. The number of pyridine rings is 1. The molecule has 1 fully saturated rings. The number of hydrogen-bond acceptors (Lipinski definition) is 2. The summed E-state index contributed by atoms with van der Waals surface area (Å²) in [5.41, 5.74) is 5.29. The predicted molar refractivity (Wildman–Crippen MR) is 53.7 cm³/mol. The maximum Gasteiger partial charge on any atom is 0.418 e. The molecule has 0 unspecified atom stereocenters. The molecule has 0 saturated heterocycles. The molecule has 1 aliphatic carbocycles. The summed E-state index contributed by atoms with van der Waals surface area (Å²) in [6, 6.07) is 1.43. The summed E-state index contributed by atoms with van der Waals surface area (Å²) in [4.78, 5) is 3.52. The molecule has 0 atom stereocenters. The van der Waals surface area contributed by atoms with Crippen LogP contribution in [0, 0.1) is 0 Å². The first-order valence-electron chi connectivity index (χ1n) is 5.20. The predicted octanol–water partition coefficient (Wildman–Crippen LogP) is 2.52. The Labute approximate surface area is 91.7 Å². The van der Waals surface area contributed by atoms with Crippen molar-refractivity contribution in [1.82, 2.24) is 4.98 Å². The zero-order valence-corrected chi connectivity index (χ0v) is 8.72. The van der Waals surface area contributed by atoms with Gasteiger partial charge in [0.05, 0.1) is 5.56 Å². The van der Waals surface area contributed by atoms with Crippen molar-refractivity contribution >= 4 is 0 Å². The SMILES string of the molecule is NC1(CCc2ccncc2C(F)(F)F)CC1. The molecule has 16 heavy (non-hydrogen) atoms. The van der Waals surface area contributed by atoms with Gasteiger partial charge in [-0.3, -0.25) is 4.98 Å². The molecule has 0 aliphatic heterocycles. The zero-order valence-electron chi connectivity index (χ0n) is 8.72. The van der Waals surface area contributed by atoms with E-state index in [1.165, 1.54) is 12.3 Å². The Morgan fingerprint density at radius 2 is 2.06 bits per heavy atom. The Balaban J connectivity index is 2.13. The lowest BCUT2D eigenvalue weighted by Gasteiger charge is -2.13. The van der Waals surface area contributed by atoms with Gasteiger partial charge in [0.15, 0.2) is 0 Å². The fourth-order valence-electron chi connectivity index (χ4n) is 1.69. The number of alkyl halides is 3. The summed E-state index contributed by atoms with van der Waals surface area (Å²) in [5, 5.41) is 0. The Morgan fingerprint density at radius 1 is 1.38 bits per heavy atom. The van der Waals surface area contributed by atoms with Crippen molar-refractivity contribution in [3.05, 3.63) is 29.6 Å². The van der Waals surface area contributed by atoms with Gasteiger partial charge in [-0.2, -0.15) is 13.2 Å². The van der Waals surface area contributed by atoms with E-state index in [1.54, 1.807) is 0 Å². The van der Waals surface area contributed by atoms with Crippen molar-refractivity contribution in [2.24, 2.45) is 5.73 Å². The molecule has 0 bridgehead atoms. The van der Waals surface area contributed by atoms with Crippen molar-refractivity contribution in [1.29, 1.82) is 0 Å². The number of halogens is 3. The van der Waals surface area contributed by atoms with E-state index in [1.807, 2.05) is 0 Å². The van der Waals surface area contributed by atoms with Gasteiger partial charge in [-0.05, 0) is 37.3 Å². The summed E-state index contributed by atoms with van der Waals surface area (Å²) in [7, 11) is 0. The number of hydrogen-bond donors (Lipinski definition) is 1. The smallest absolute Gasteiger partial charge is 0.325 e. The van der Waals surface area contributed by atoms with E-state index in [9.17, 15) is 13.2 Å². The second-order valence-corrected chi connectivity index (χ2v) is 4.39. The molecule has 1 heterocycles. The Hall–Kier alpha value is -1.10. The fourth-order valence-corrected chi connectivity index (χ4v) is 1.69. The highest BCUT2D eigenvalue weighted by molar-refractivity contribution is 5.26. The highest BCUT2D eigenvalue weighted by Gasteiger charge is 2.39. The van der Waals surface area contributed by atoms with Crippen molar-refractivity contribution in [3.63, 3.8) is 0 Å². The van der Waals surface area contributed by atoms with Crippen molar-refractivity contribution in [2.45, 2.75) is 37.4 Å². The highest BCUT2D eigenvalue weighted by Crippen LogP contribution is 2.38. The van der Waals surface area contributed by atoms with Crippen LogP contribution in [-0.4, -0.2) is 10.5 Å². The van der Waals surface area contributed by atoms with Crippen LogP contribution >= 0.6 is 0 Å². The van der Waals surface area contributed by atoms with Crippen LogP contribution in [0.1, 0.15) is 30.4 Å². The molecule has 88 valence electrons. The van der Waals surface area contributed by atoms with E-state index in [0.29, 0.717) is 18.4 Å². The first-order chi connectivity index (χ1) is 7.41. The molecule has 1 saturated carbocycles. The van der Waals surface area contributed by atoms with Crippen LogP contribution in [0.15, 0.2) is 18.5 Å². The van der Waals surface area contributed by atoms with Crippen molar-refractivity contribution < 1.29 is 13.2 Å². The number of aryl methyl sites for hydroxylation is 1. The van der Waals surface area contributed by atoms with E-state index in [0.717, 1.165) is 19.0 Å². The second kappa shape index (κ2) is 3.73. The summed E-state index contributed by atoms with van der Waals surface area (Å²) in [6.45, 7) is 0. The van der Waals surface area contributed by atoms with Gasteiger partial charge in [-0.1, -0.05) is 0 Å². The molecular formula is C11H13F3N2. The number of nitrogens with two attached hydrogens (primary N) is 1. The molecule has 1 aromatic heterocycles. The fraction of sp³-hybridized carbons (Fsp3) is 0.545. The lowest BCUT2D eigenvalue weighted by Crippen LogP contribution is -2.22. The molecule has 2 nitrogen and oxygen atoms in total. The lowest BCUT2D eigenvalue weighted by molar-refractivity contribution is -0.138. The Morgan fingerprint density at radius 3 is 2.62 bits per heavy atom. The van der Waals surface area contributed by atoms with Crippen LogP contribution in [0.2, 0.25) is 0 Å². The van der Waals surface area contributed by atoms with Gasteiger partial charge in [0.25, 0.3) is 0 Å². The van der Waals surface area contributed by atoms with Crippen molar-refractivity contribution in [2.75, 3.05) is 0 Å². The van der Waals surface area contributed by atoms with E-state index in [2.05, 4.69) is 4.98 Å². The standard InChI is InChI=1S/C11H13F3N2/c12-11(13,14)9-7-16-6-2-8(9)1-3-10(15)4-5-10/h2,6-7H,1,3-5,15H2. The van der Waals surface area contributed by atoms with Gasteiger partial charge in [0.1, 0.15) is 0 Å². The van der Waals surface area contributed by atoms with E-state index in [4.69, 9.17) is 5.73 Å². The van der Waals surface area contributed by atoms with Gasteiger partial charge in [0, 0.05) is 17.9 Å². The highest BCUT2D eigenvalue weighted by atomic mass is 19.4. The first kappa shape index (κ1) is 11.4. The normalized spacial score (nSPS) is 18.5. The third-order valence-corrected chi connectivity index (χ3v) is 3.00. The summed E-state index contributed by atoms with van der Waals surface area (Å²) >= 11 is 0. The minimum Gasteiger partial charge on any atom is -0.325 e. The number of aromatic nitrogens is 1.